The maximum absolute atomic E-state index is 13.2. The van der Waals surface area contributed by atoms with Crippen LogP contribution in [0.3, 0.4) is 0 Å². The summed E-state index contributed by atoms with van der Waals surface area (Å²) in [5.74, 6) is -1.76. The number of ketones is 2. The van der Waals surface area contributed by atoms with E-state index in [2.05, 4.69) is 4.98 Å². The molecular formula is C27H39NO7S. The van der Waals surface area contributed by atoms with E-state index >= 15 is 0 Å². The number of thiazole rings is 1. The maximum Gasteiger partial charge on any atom is 0.309 e. The van der Waals surface area contributed by atoms with Gasteiger partial charge in [-0.1, -0.05) is 34.1 Å². The molecule has 2 aliphatic rings. The average molecular weight is 522 g/mol. The molecular weight excluding hydrogens is 482 g/mol. The zero-order chi connectivity index (χ0) is 26.8. The van der Waals surface area contributed by atoms with Crippen molar-refractivity contribution in [1.29, 1.82) is 0 Å². The van der Waals surface area contributed by atoms with E-state index in [9.17, 15) is 24.6 Å². The maximum atomic E-state index is 13.2. The number of Topliss-reactive ketones (excluding diaryl/α,β-unsaturated/α-hetero) is 2. The predicted molar refractivity (Wildman–Crippen MR) is 137 cm³/mol. The van der Waals surface area contributed by atoms with Crippen LogP contribution in [0.4, 0.5) is 0 Å². The summed E-state index contributed by atoms with van der Waals surface area (Å²) in [7, 11) is 0. The van der Waals surface area contributed by atoms with Crippen LogP contribution in [0, 0.1) is 17.3 Å². The number of rotatable bonds is 3. The fourth-order valence-electron chi connectivity index (χ4n) is 4.85. The van der Waals surface area contributed by atoms with Gasteiger partial charge in [0.05, 0.1) is 41.9 Å². The molecule has 7 unspecified atom stereocenters. The highest BCUT2D eigenvalue weighted by molar-refractivity contribution is 7.11. The summed E-state index contributed by atoms with van der Waals surface area (Å²) in [6.07, 6.45) is 1.68. The Balaban J connectivity index is 1.82. The average Bonchev–Trinajstić information content (AvgIpc) is 3.36. The smallest absolute Gasteiger partial charge is 0.309 e. The number of aliphatic hydroxyl groups excluding tert-OH is 2. The molecule has 0 amide bonds. The molecule has 2 N–H and O–H groups in total. The first-order valence-corrected chi connectivity index (χ1v) is 13.6. The van der Waals surface area contributed by atoms with Crippen molar-refractivity contribution >= 4 is 34.9 Å². The highest BCUT2D eigenvalue weighted by Gasteiger charge is 2.44. The summed E-state index contributed by atoms with van der Waals surface area (Å²) >= 11 is 1.26. The molecule has 7 atom stereocenters. The minimum Gasteiger partial charge on any atom is -0.458 e. The molecule has 200 valence electrons. The van der Waals surface area contributed by atoms with Crippen LogP contribution >= 0.6 is 11.3 Å². The quantitative estimate of drug-likeness (QED) is 0.347. The van der Waals surface area contributed by atoms with Crippen molar-refractivity contribution in [3.63, 3.8) is 0 Å². The topological polar surface area (TPSA) is 126 Å². The monoisotopic (exact) mass is 521 g/mol. The summed E-state index contributed by atoms with van der Waals surface area (Å²) in [4.78, 5) is 42.0. The van der Waals surface area contributed by atoms with Gasteiger partial charge in [-0.05, 0) is 37.3 Å². The summed E-state index contributed by atoms with van der Waals surface area (Å²) < 4.78 is 11.7. The molecule has 0 bridgehead atoms. The van der Waals surface area contributed by atoms with Gasteiger partial charge in [0, 0.05) is 24.6 Å². The van der Waals surface area contributed by atoms with Crippen LogP contribution in [0.2, 0.25) is 0 Å². The first-order valence-electron chi connectivity index (χ1n) is 12.7. The molecule has 1 aromatic heterocycles. The second-order valence-electron chi connectivity index (χ2n) is 10.9. The molecule has 0 aliphatic carbocycles. The number of aromatic nitrogens is 1. The number of fused-ring (bicyclic) bond motifs is 1. The lowest BCUT2D eigenvalue weighted by Gasteiger charge is -2.34. The van der Waals surface area contributed by atoms with Gasteiger partial charge >= 0.3 is 5.97 Å². The van der Waals surface area contributed by atoms with Crippen molar-refractivity contribution < 1.29 is 34.1 Å². The van der Waals surface area contributed by atoms with Crippen LogP contribution in [-0.4, -0.2) is 63.3 Å². The number of nitrogens with zero attached hydrogens (tertiary/aromatic N) is 1. The Hall–Kier alpha value is -1.94. The van der Waals surface area contributed by atoms with Crippen molar-refractivity contribution in [3.05, 3.63) is 21.7 Å². The van der Waals surface area contributed by atoms with Crippen LogP contribution in [0.1, 0.15) is 89.1 Å². The lowest BCUT2D eigenvalue weighted by molar-refractivity contribution is -0.154. The van der Waals surface area contributed by atoms with Gasteiger partial charge < -0.3 is 19.7 Å². The number of cyclic esters (lactones) is 1. The third-order valence-corrected chi connectivity index (χ3v) is 8.56. The van der Waals surface area contributed by atoms with E-state index in [0.29, 0.717) is 17.1 Å². The molecule has 9 heteroatoms. The third kappa shape index (κ3) is 6.88. The number of carbonyl (C=O) groups is 3. The number of hydrogen-bond acceptors (Lipinski definition) is 9. The summed E-state index contributed by atoms with van der Waals surface area (Å²) in [5, 5.41) is 23.8. The van der Waals surface area contributed by atoms with Crippen molar-refractivity contribution in [1.82, 2.24) is 4.98 Å². The minimum atomic E-state index is -1.26. The van der Waals surface area contributed by atoms with E-state index in [0.717, 1.165) is 24.8 Å². The Bertz CT molecular complexity index is 1000. The second kappa shape index (κ2) is 11.6. The SMILES string of the molecule is CC(=O)c1nc(C=C(C)C2CC3OC3CCCC(C)C(O)C(C)C(=O)C(C)(C)C(O)CC(=O)O2)cs1. The molecule has 0 spiro atoms. The van der Waals surface area contributed by atoms with Crippen LogP contribution in [-0.2, 0) is 19.1 Å². The standard InChI is InChI=1S/C27H39NO7S/c1-14-8-7-9-19-21(34-19)11-20(15(2)10-18-13-36-26(28-18)17(4)29)35-23(31)12-22(30)27(5,6)25(33)16(3)24(14)32/h10,13-14,16,19-22,24,30,32H,7-9,11-12H2,1-6H3. The highest BCUT2D eigenvalue weighted by Crippen LogP contribution is 2.36. The first-order chi connectivity index (χ1) is 16.8. The van der Waals surface area contributed by atoms with Crippen LogP contribution < -0.4 is 0 Å². The number of epoxide rings is 1. The zero-order valence-electron chi connectivity index (χ0n) is 22.0. The summed E-state index contributed by atoms with van der Waals surface area (Å²) in [6.45, 7) is 10.1. The number of aliphatic hydroxyl groups is 2. The van der Waals surface area contributed by atoms with Crippen molar-refractivity contribution in [2.45, 2.75) is 104 Å². The third-order valence-electron chi connectivity index (χ3n) is 7.60. The van der Waals surface area contributed by atoms with Crippen LogP contribution in [0.25, 0.3) is 6.08 Å². The molecule has 2 saturated heterocycles. The lowest BCUT2D eigenvalue weighted by atomic mass is 9.73. The van der Waals surface area contributed by atoms with Gasteiger partial charge in [-0.3, -0.25) is 14.4 Å². The molecule has 8 nitrogen and oxygen atoms in total. The van der Waals surface area contributed by atoms with Gasteiger partial charge in [-0.15, -0.1) is 11.3 Å². The predicted octanol–water partition coefficient (Wildman–Crippen LogP) is 3.98. The molecule has 2 fully saturated rings. The molecule has 0 radical (unpaired) electrons. The fourth-order valence-corrected chi connectivity index (χ4v) is 5.53. The van der Waals surface area contributed by atoms with E-state index in [1.807, 2.05) is 13.8 Å². The lowest BCUT2D eigenvalue weighted by Crippen LogP contribution is -2.45. The van der Waals surface area contributed by atoms with E-state index in [1.54, 1.807) is 32.2 Å². The second-order valence-corrected chi connectivity index (χ2v) is 11.8. The van der Waals surface area contributed by atoms with Crippen molar-refractivity contribution in [2.75, 3.05) is 0 Å². The Kier molecular flexibility index (Phi) is 9.25. The number of hydrogen-bond donors (Lipinski definition) is 2. The summed E-state index contributed by atoms with van der Waals surface area (Å²) in [6, 6.07) is 0. The van der Waals surface area contributed by atoms with Gasteiger partial charge in [0.2, 0.25) is 0 Å². The van der Waals surface area contributed by atoms with Crippen molar-refractivity contribution in [3.8, 4) is 0 Å². The molecule has 0 saturated carbocycles. The van der Waals surface area contributed by atoms with Crippen molar-refractivity contribution in [2.24, 2.45) is 17.3 Å². The Morgan fingerprint density at radius 3 is 2.50 bits per heavy atom. The molecule has 36 heavy (non-hydrogen) atoms. The van der Waals surface area contributed by atoms with Crippen LogP contribution in [0.15, 0.2) is 11.0 Å². The first kappa shape index (κ1) is 28.6. The molecule has 2 aliphatic heterocycles. The summed E-state index contributed by atoms with van der Waals surface area (Å²) in [5.41, 5.74) is 0.145. The van der Waals surface area contributed by atoms with Gasteiger partial charge in [-0.2, -0.15) is 0 Å². The Morgan fingerprint density at radius 1 is 1.17 bits per heavy atom. The van der Waals surface area contributed by atoms with Crippen LogP contribution in [0.5, 0.6) is 0 Å². The number of ether oxygens (including phenoxy) is 2. The van der Waals surface area contributed by atoms with Gasteiger partial charge in [0.1, 0.15) is 11.9 Å². The Morgan fingerprint density at radius 2 is 1.86 bits per heavy atom. The van der Waals surface area contributed by atoms with E-state index < -0.39 is 35.6 Å². The zero-order valence-corrected chi connectivity index (χ0v) is 22.8. The van der Waals surface area contributed by atoms with E-state index in [-0.39, 0.29) is 36.1 Å². The van der Waals surface area contributed by atoms with Gasteiger partial charge in [0.15, 0.2) is 10.8 Å². The largest absolute Gasteiger partial charge is 0.458 e. The normalized spacial score (nSPS) is 34.6. The molecule has 3 heterocycles. The minimum absolute atomic E-state index is 0.0515. The van der Waals surface area contributed by atoms with E-state index in [1.165, 1.54) is 18.3 Å². The molecule has 0 aromatic carbocycles. The number of carbonyl (C=O) groups excluding carboxylic acids is 3. The highest BCUT2D eigenvalue weighted by atomic mass is 32.1. The van der Waals surface area contributed by atoms with Gasteiger partial charge in [0.25, 0.3) is 0 Å². The Labute approximate surface area is 217 Å². The molecule has 3 rings (SSSR count). The fraction of sp³-hybridized carbons (Fsp3) is 0.704. The molecule has 1 aromatic rings. The number of esters is 1. The van der Waals surface area contributed by atoms with Gasteiger partial charge in [-0.25, -0.2) is 4.98 Å². The van der Waals surface area contributed by atoms with E-state index in [4.69, 9.17) is 9.47 Å².